The number of ether oxygens (including phenoxy) is 3. The highest BCUT2D eigenvalue weighted by Gasteiger charge is 2.79. The third kappa shape index (κ3) is 2.48. The minimum absolute atomic E-state index is 0.443. The Hall–Kier alpha value is -3.38. The molecule has 4 unspecified atom stereocenters. The molecular formula is C23H17BrN4O3. The Labute approximate surface area is 188 Å². The van der Waals surface area contributed by atoms with E-state index in [1.807, 2.05) is 12.1 Å². The van der Waals surface area contributed by atoms with Gasteiger partial charge in [0.1, 0.15) is 11.9 Å². The highest BCUT2D eigenvalue weighted by Crippen LogP contribution is 2.68. The first kappa shape index (κ1) is 20.9. The van der Waals surface area contributed by atoms with E-state index in [1.54, 1.807) is 62.6 Å². The van der Waals surface area contributed by atoms with E-state index in [0.717, 1.165) is 4.47 Å². The third-order valence-electron chi connectivity index (χ3n) is 6.33. The molecule has 0 saturated carbocycles. The number of benzene rings is 2. The van der Waals surface area contributed by atoms with Crippen LogP contribution in [0.4, 0.5) is 0 Å². The molecule has 2 saturated heterocycles. The van der Waals surface area contributed by atoms with Crippen molar-refractivity contribution in [2.45, 2.75) is 18.8 Å². The summed E-state index contributed by atoms with van der Waals surface area (Å²) in [5, 5.41) is 39.3. The van der Waals surface area contributed by atoms with Gasteiger partial charge in [-0.1, -0.05) is 35.0 Å². The molecule has 31 heavy (non-hydrogen) atoms. The van der Waals surface area contributed by atoms with Crippen LogP contribution in [0, 0.1) is 56.2 Å². The number of fused-ring (bicyclic) bond motifs is 2. The molecule has 154 valence electrons. The number of nitrogens with one attached hydrogen (secondary N) is 1. The van der Waals surface area contributed by atoms with Gasteiger partial charge in [-0.05, 0) is 42.0 Å². The monoisotopic (exact) mass is 476 g/mol. The molecule has 2 fully saturated rings. The van der Waals surface area contributed by atoms with E-state index in [4.69, 9.17) is 19.6 Å². The zero-order valence-corrected chi connectivity index (χ0v) is 18.3. The Morgan fingerprint density at radius 2 is 1.61 bits per heavy atom. The topological polar surface area (TPSA) is 123 Å². The molecule has 7 nitrogen and oxygen atoms in total. The van der Waals surface area contributed by atoms with Crippen LogP contribution in [0.5, 0.6) is 5.75 Å². The molecule has 4 rings (SSSR count). The number of methoxy groups -OCH3 is 1. The molecule has 0 radical (unpaired) electrons. The van der Waals surface area contributed by atoms with Gasteiger partial charge in [-0.3, -0.25) is 5.41 Å². The lowest BCUT2D eigenvalue weighted by Crippen LogP contribution is -2.57. The van der Waals surface area contributed by atoms with E-state index < -0.39 is 34.5 Å². The largest absolute Gasteiger partial charge is 0.497 e. The number of hydrogen-bond donors (Lipinski definition) is 1. The van der Waals surface area contributed by atoms with Crippen LogP contribution in [0.2, 0.25) is 0 Å². The van der Waals surface area contributed by atoms with E-state index in [1.165, 1.54) is 0 Å². The zero-order chi connectivity index (χ0) is 22.4. The van der Waals surface area contributed by atoms with Crippen molar-refractivity contribution in [2.75, 3.05) is 7.11 Å². The van der Waals surface area contributed by atoms with E-state index in [9.17, 15) is 15.8 Å². The lowest BCUT2D eigenvalue weighted by Gasteiger charge is -2.48. The van der Waals surface area contributed by atoms with Crippen molar-refractivity contribution in [2.24, 2.45) is 16.7 Å². The number of nitriles is 3. The first-order valence-electron chi connectivity index (χ1n) is 9.45. The standard InChI is InChI=1S/C23H17BrN4O3/c1-14-22(13-27)20(28)31-23(14,16-5-9-18(29-2)10-6-16)30-19(21(22,11-25)12-26)15-3-7-17(24)8-4-15/h3-10,14,19,28H,1-2H3. The maximum atomic E-state index is 10.3. The summed E-state index contributed by atoms with van der Waals surface area (Å²) < 4.78 is 18.4. The maximum absolute atomic E-state index is 10.3. The second kappa shape index (κ2) is 7.10. The van der Waals surface area contributed by atoms with Gasteiger partial charge in [0.05, 0.1) is 31.2 Å². The predicted octanol–water partition coefficient (Wildman–Crippen LogP) is 4.57. The van der Waals surface area contributed by atoms with Gasteiger partial charge >= 0.3 is 0 Å². The van der Waals surface area contributed by atoms with Crippen LogP contribution in [0.25, 0.3) is 0 Å². The Balaban J connectivity index is 2.00. The summed E-state index contributed by atoms with van der Waals surface area (Å²) in [7, 11) is 1.55. The van der Waals surface area contributed by atoms with Crippen molar-refractivity contribution < 1.29 is 14.2 Å². The average molecular weight is 477 g/mol. The predicted molar refractivity (Wildman–Crippen MR) is 112 cm³/mol. The van der Waals surface area contributed by atoms with Crippen molar-refractivity contribution >= 4 is 21.8 Å². The number of nitrogens with zero attached hydrogens (tertiary/aromatic N) is 3. The van der Waals surface area contributed by atoms with Crippen LogP contribution in [0.3, 0.4) is 0 Å². The van der Waals surface area contributed by atoms with Gasteiger partial charge in [0, 0.05) is 10.0 Å². The molecule has 4 atom stereocenters. The quantitative estimate of drug-likeness (QED) is 0.691. The fraction of sp³-hybridized carbons (Fsp3) is 0.304. The summed E-state index contributed by atoms with van der Waals surface area (Å²) in [6.45, 7) is 1.68. The van der Waals surface area contributed by atoms with Crippen molar-refractivity contribution in [3.63, 3.8) is 0 Å². The summed E-state index contributed by atoms with van der Waals surface area (Å²) >= 11 is 3.38. The van der Waals surface area contributed by atoms with Crippen molar-refractivity contribution in [1.29, 1.82) is 21.2 Å². The fourth-order valence-corrected chi connectivity index (χ4v) is 4.89. The molecule has 0 aromatic heterocycles. The molecule has 0 aliphatic carbocycles. The van der Waals surface area contributed by atoms with Crippen LogP contribution in [-0.4, -0.2) is 13.0 Å². The number of halogens is 1. The third-order valence-corrected chi connectivity index (χ3v) is 6.86. The van der Waals surface area contributed by atoms with E-state index in [2.05, 4.69) is 22.0 Å². The SMILES string of the molecule is COc1ccc(C23OC(=N)C(C#N)(C2C)C(C#N)(C#N)C(c2ccc(Br)cc2)O3)cc1. The van der Waals surface area contributed by atoms with Crippen LogP contribution in [-0.2, 0) is 15.3 Å². The normalized spacial score (nSPS) is 30.4. The highest BCUT2D eigenvalue weighted by molar-refractivity contribution is 9.10. The van der Waals surface area contributed by atoms with Gasteiger partial charge in [0.2, 0.25) is 17.1 Å². The molecule has 2 aliphatic heterocycles. The van der Waals surface area contributed by atoms with Crippen molar-refractivity contribution in [3.8, 4) is 24.0 Å². The van der Waals surface area contributed by atoms with Gasteiger partial charge in [0.25, 0.3) is 0 Å². The first-order chi connectivity index (χ1) is 14.8. The van der Waals surface area contributed by atoms with Crippen LogP contribution in [0.1, 0.15) is 24.2 Å². The lowest BCUT2D eigenvalue weighted by atomic mass is 9.53. The molecule has 2 aliphatic rings. The van der Waals surface area contributed by atoms with Crippen molar-refractivity contribution in [1.82, 2.24) is 0 Å². The van der Waals surface area contributed by atoms with E-state index in [0.29, 0.717) is 16.9 Å². The number of rotatable bonds is 3. The molecule has 8 heteroatoms. The maximum Gasteiger partial charge on any atom is 0.244 e. The van der Waals surface area contributed by atoms with Crippen LogP contribution < -0.4 is 4.74 Å². The second-order valence-electron chi connectivity index (χ2n) is 7.55. The summed E-state index contributed by atoms with van der Waals surface area (Å²) in [5.41, 5.74) is -2.71. The molecule has 2 aromatic carbocycles. The second-order valence-corrected chi connectivity index (χ2v) is 8.47. The molecule has 2 bridgehead atoms. The Morgan fingerprint density at radius 1 is 1.00 bits per heavy atom. The highest BCUT2D eigenvalue weighted by atomic mass is 79.9. The van der Waals surface area contributed by atoms with Gasteiger partial charge < -0.3 is 14.2 Å². The van der Waals surface area contributed by atoms with Crippen LogP contribution in [0.15, 0.2) is 53.0 Å². The first-order valence-corrected chi connectivity index (χ1v) is 10.2. The van der Waals surface area contributed by atoms with Gasteiger partial charge in [-0.15, -0.1) is 0 Å². The molecule has 0 amide bonds. The average Bonchev–Trinajstić information content (AvgIpc) is 2.96. The molecule has 2 aromatic rings. The minimum Gasteiger partial charge on any atom is -0.497 e. The van der Waals surface area contributed by atoms with Gasteiger partial charge in [-0.25, -0.2) is 0 Å². The molecular weight excluding hydrogens is 460 g/mol. The van der Waals surface area contributed by atoms with Gasteiger partial charge in [-0.2, -0.15) is 15.8 Å². The molecule has 1 N–H and O–H groups in total. The fourth-order valence-electron chi connectivity index (χ4n) is 4.63. The molecule has 0 spiro atoms. The summed E-state index contributed by atoms with van der Waals surface area (Å²) in [4.78, 5) is 0. The smallest absolute Gasteiger partial charge is 0.244 e. The Kier molecular flexibility index (Phi) is 4.78. The van der Waals surface area contributed by atoms with E-state index >= 15 is 0 Å². The van der Waals surface area contributed by atoms with E-state index in [-0.39, 0.29) is 0 Å². The summed E-state index contributed by atoms with van der Waals surface area (Å²) in [5.74, 6) is -2.15. The van der Waals surface area contributed by atoms with Gasteiger partial charge in [0.15, 0.2) is 5.41 Å². The minimum atomic E-state index is -1.99. The van der Waals surface area contributed by atoms with Crippen LogP contribution >= 0.6 is 15.9 Å². The Bertz CT molecular complexity index is 1160. The zero-order valence-electron chi connectivity index (χ0n) is 16.7. The summed E-state index contributed by atoms with van der Waals surface area (Å²) in [6.07, 6.45) is -1.13. The molecule has 2 heterocycles. The summed E-state index contributed by atoms with van der Waals surface area (Å²) in [6, 6.07) is 20.1. The Morgan fingerprint density at radius 3 is 2.13 bits per heavy atom. The van der Waals surface area contributed by atoms with Crippen molar-refractivity contribution in [3.05, 3.63) is 64.1 Å². The number of hydrogen-bond acceptors (Lipinski definition) is 7. The lowest BCUT2D eigenvalue weighted by molar-refractivity contribution is -0.288.